The van der Waals surface area contributed by atoms with E-state index in [1.807, 2.05) is 0 Å². The van der Waals surface area contributed by atoms with Gasteiger partial charge in [0.1, 0.15) is 0 Å². The van der Waals surface area contributed by atoms with Gasteiger partial charge >= 0.3 is 0 Å². The summed E-state index contributed by atoms with van der Waals surface area (Å²) < 4.78 is 26.0. The van der Waals surface area contributed by atoms with E-state index >= 15 is 0 Å². The lowest BCUT2D eigenvalue weighted by Crippen LogP contribution is -2.23. The molecule has 0 aliphatic carbocycles. The van der Waals surface area contributed by atoms with Crippen LogP contribution >= 0.6 is 9.47 Å². The summed E-state index contributed by atoms with van der Waals surface area (Å²) in [6.07, 6.45) is 3.48. The number of rotatable bonds is 7. The maximum atomic E-state index is 10.9. The molecule has 0 aromatic heterocycles. The average Bonchev–Trinajstić information content (AvgIpc) is 2.11. The predicted octanol–water partition coefficient (Wildman–Crippen LogP) is 1.03. The van der Waals surface area contributed by atoms with Crippen molar-refractivity contribution in [3.05, 3.63) is 0 Å². The minimum absolute atomic E-state index is 0.00137. The SMILES string of the molecule is CCCCC(N)CCS(=O)(=O)OP. The van der Waals surface area contributed by atoms with Gasteiger partial charge in [-0.2, -0.15) is 8.42 Å². The molecule has 2 atom stereocenters. The quantitative estimate of drug-likeness (QED) is 0.659. The van der Waals surface area contributed by atoms with Crippen LogP contribution < -0.4 is 5.73 Å². The van der Waals surface area contributed by atoms with Gasteiger partial charge in [-0.25, -0.2) is 0 Å². The Hall–Kier alpha value is 0.300. The van der Waals surface area contributed by atoms with Crippen LogP contribution in [0.4, 0.5) is 0 Å². The first-order valence-electron chi connectivity index (χ1n) is 4.38. The molecule has 4 nitrogen and oxygen atoms in total. The molecule has 0 radical (unpaired) electrons. The van der Waals surface area contributed by atoms with Crippen molar-refractivity contribution in [3.63, 3.8) is 0 Å². The Bertz CT molecular complexity index is 218. The molecule has 80 valence electrons. The summed E-state index contributed by atoms with van der Waals surface area (Å²) in [6, 6.07) is -0.0325. The van der Waals surface area contributed by atoms with Crippen molar-refractivity contribution in [2.24, 2.45) is 5.73 Å². The fourth-order valence-corrected chi connectivity index (χ4v) is 1.93. The molecule has 0 aromatic carbocycles. The average molecular weight is 227 g/mol. The Labute approximate surface area is 82.6 Å². The molecule has 0 saturated heterocycles. The van der Waals surface area contributed by atoms with Gasteiger partial charge in [0, 0.05) is 15.5 Å². The smallest absolute Gasteiger partial charge is 0.269 e. The Kier molecular flexibility index (Phi) is 6.86. The molecule has 0 spiro atoms. The van der Waals surface area contributed by atoms with Crippen LogP contribution in [0.3, 0.4) is 0 Å². The van der Waals surface area contributed by atoms with Gasteiger partial charge in [0.15, 0.2) is 0 Å². The molecule has 0 saturated carbocycles. The van der Waals surface area contributed by atoms with Gasteiger partial charge in [-0.15, -0.1) is 0 Å². The molecule has 0 aliphatic heterocycles. The maximum absolute atomic E-state index is 10.9. The van der Waals surface area contributed by atoms with Crippen molar-refractivity contribution in [3.8, 4) is 0 Å². The van der Waals surface area contributed by atoms with E-state index in [2.05, 4.69) is 10.9 Å². The molecule has 13 heavy (non-hydrogen) atoms. The number of hydrogen-bond acceptors (Lipinski definition) is 4. The number of nitrogens with two attached hydrogens (primary N) is 1. The highest BCUT2D eigenvalue weighted by molar-refractivity contribution is 7.88. The van der Waals surface area contributed by atoms with Crippen LogP contribution in [0.15, 0.2) is 0 Å². The highest BCUT2D eigenvalue weighted by atomic mass is 32.2. The second-order valence-corrected chi connectivity index (χ2v) is 5.34. The molecule has 0 rings (SSSR count). The molecular formula is C7H18NO3PS. The van der Waals surface area contributed by atoms with Gasteiger partial charge in [-0.05, 0) is 12.8 Å². The lowest BCUT2D eigenvalue weighted by Gasteiger charge is -2.09. The third-order valence-corrected chi connectivity index (χ3v) is 3.72. The fraction of sp³-hybridized carbons (Fsp3) is 1.00. The second kappa shape index (κ2) is 6.71. The predicted molar refractivity (Wildman–Crippen MR) is 56.7 cm³/mol. The fourth-order valence-electron chi connectivity index (χ4n) is 0.954. The normalized spacial score (nSPS) is 14.4. The summed E-state index contributed by atoms with van der Waals surface area (Å²) in [5.74, 6) is 0.00137. The largest absolute Gasteiger partial charge is 0.328 e. The standard InChI is InChI=1S/C7H18NO3PS/c1-2-3-4-7(8)5-6-13(9,10)11-12/h7H,2-6,8,12H2,1H3. The molecule has 2 N–H and O–H groups in total. The second-order valence-electron chi connectivity index (χ2n) is 3.05. The van der Waals surface area contributed by atoms with E-state index in [1.54, 1.807) is 9.47 Å². The van der Waals surface area contributed by atoms with E-state index in [9.17, 15) is 8.42 Å². The van der Waals surface area contributed by atoms with Crippen LogP contribution in [-0.2, 0) is 14.1 Å². The summed E-state index contributed by atoms with van der Waals surface area (Å²) in [5.41, 5.74) is 5.69. The van der Waals surface area contributed by atoms with Crippen LogP contribution in [0, 0.1) is 0 Å². The first-order chi connectivity index (χ1) is 6.02. The van der Waals surface area contributed by atoms with Gasteiger partial charge in [-0.3, -0.25) is 3.97 Å². The van der Waals surface area contributed by atoms with Crippen LogP contribution in [0.2, 0.25) is 0 Å². The van der Waals surface area contributed by atoms with Gasteiger partial charge < -0.3 is 5.73 Å². The highest BCUT2D eigenvalue weighted by Crippen LogP contribution is 2.06. The third-order valence-electron chi connectivity index (χ3n) is 1.81. The minimum atomic E-state index is -3.36. The van der Waals surface area contributed by atoms with E-state index in [-0.39, 0.29) is 11.8 Å². The Balaban J connectivity index is 3.63. The number of unbranched alkanes of at least 4 members (excludes halogenated alkanes) is 1. The Morgan fingerprint density at radius 1 is 1.46 bits per heavy atom. The summed E-state index contributed by atoms with van der Waals surface area (Å²) in [4.78, 5) is 0. The molecule has 0 aliphatic rings. The van der Waals surface area contributed by atoms with E-state index in [0.717, 1.165) is 19.3 Å². The molecule has 2 unspecified atom stereocenters. The Morgan fingerprint density at radius 3 is 2.54 bits per heavy atom. The van der Waals surface area contributed by atoms with Gasteiger partial charge in [0.25, 0.3) is 10.1 Å². The molecule has 0 amide bonds. The first kappa shape index (κ1) is 13.3. The van der Waals surface area contributed by atoms with Gasteiger partial charge in [0.2, 0.25) is 0 Å². The minimum Gasteiger partial charge on any atom is -0.328 e. The van der Waals surface area contributed by atoms with E-state index in [0.29, 0.717) is 6.42 Å². The lowest BCUT2D eigenvalue weighted by atomic mass is 10.1. The van der Waals surface area contributed by atoms with Crippen LogP contribution in [-0.4, -0.2) is 20.2 Å². The van der Waals surface area contributed by atoms with Crippen LogP contribution in [0.1, 0.15) is 32.6 Å². The summed E-state index contributed by atoms with van der Waals surface area (Å²) in [5, 5.41) is 0. The first-order valence-corrected chi connectivity index (χ1v) is 6.43. The molecule has 0 bridgehead atoms. The monoisotopic (exact) mass is 227 g/mol. The molecule has 0 heterocycles. The zero-order chi connectivity index (χ0) is 10.3. The zero-order valence-corrected chi connectivity index (χ0v) is 9.87. The van der Waals surface area contributed by atoms with Gasteiger partial charge in [-0.1, -0.05) is 19.8 Å². The number of hydrogen-bond donors (Lipinski definition) is 1. The van der Waals surface area contributed by atoms with Crippen molar-refractivity contribution in [2.45, 2.75) is 38.6 Å². The molecular weight excluding hydrogens is 209 g/mol. The van der Waals surface area contributed by atoms with Crippen molar-refractivity contribution in [2.75, 3.05) is 5.75 Å². The summed E-state index contributed by atoms with van der Waals surface area (Å²) in [7, 11) is -1.62. The zero-order valence-electron chi connectivity index (χ0n) is 7.90. The van der Waals surface area contributed by atoms with Crippen molar-refractivity contribution in [1.29, 1.82) is 0 Å². The lowest BCUT2D eigenvalue weighted by molar-refractivity contribution is 0.502. The Morgan fingerprint density at radius 2 is 2.08 bits per heavy atom. The van der Waals surface area contributed by atoms with E-state index < -0.39 is 10.1 Å². The van der Waals surface area contributed by atoms with Gasteiger partial charge in [0.05, 0.1) is 5.75 Å². The highest BCUT2D eigenvalue weighted by Gasteiger charge is 2.11. The molecule has 6 heteroatoms. The maximum Gasteiger partial charge on any atom is 0.269 e. The topological polar surface area (TPSA) is 69.4 Å². The molecule has 0 aromatic rings. The summed E-state index contributed by atoms with van der Waals surface area (Å²) in [6.45, 7) is 2.08. The van der Waals surface area contributed by atoms with Crippen LogP contribution in [0.5, 0.6) is 0 Å². The van der Waals surface area contributed by atoms with Crippen LogP contribution in [0.25, 0.3) is 0 Å². The van der Waals surface area contributed by atoms with E-state index in [4.69, 9.17) is 5.73 Å². The van der Waals surface area contributed by atoms with Crippen molar-refractivity contribution in [1.82, 2.24) is 0 Å². The summed E-state index contributed by atoms with van der Waals surface area (Å²) >= 11 is 0. The van der Waals surface area contributed by atoms with Crippen molar-refractivity contribution < 1.29 is 12.4 Å². The van der Waals surface area contributed by atoms with Crippen molar-refractivity contribution >= 4 is 19.6 Å². The van der Waals surface area contributed by atoms with E-state index in [1.165, 1.54) is 0 Å². The molecule has 0 fully saturated rings. The third kappa shape index (κ3) is 7.38.